The molecule has 0 aromatic carbocycles. The number of nitrogens with zero attached hydrogens (tertiary/aromatic N) is 1. The number of H-pyrrole nitrogens is 1. The molecule has 1 heterocycles. The Balaban J connectivity index is 3.31. The Labute approximate surface area is 102 Å². The predicted octanol–water partition coefficient (Wildman–Crippen LogP) is 2.23. The van der Waals surface area contributed by atoms with Gasteiger partial charge in [-0.25, -0.2) is 0 Å². The van der Waals surface area contributed by atoms with E-state index in [0.29, 0.717) is 0 Å². The quantitative estimate of drug-likeness (QED) is 0.871. The van der Waals surface area contributed by atoms with Crippen molar-refractivity contribution >= 4 is 15.9 Å². The van der Waals surface area contributed by atoms with Crippen molar-refractivity contribution in [2.24, 2.45) is 0 Å². The Kier molecular flexibility index (Phi) is 4.17. The fraction of sp³-hybridized carbons (Fsp3) is 0.333. The van der Waals surface area contributed by atoms with Crippen LogP contribution < -0.4 is 10.2 Å². The molecular formula is C9H6BrF3N2O2. The zero-order valence-corrected chi connectivity index (χ0v) is 9.85. The van der Waals surface area contributed by atoms with E-state index in [9.17, 15) is 18.0 Å². The summed E-state index contributed by atoms with van der Waals surface area (Å²) < 4.78 is 40.0. The van der Waals surface area contributed by atoms with Crippen LogP contribution in [0.5, 0.6) is 5.75 Å². The summed E-state index contributed by atoms with van der Waals surface area (Å²) in [5, 5.41) is 8.53. The lowest BCUT2D eigenvalue weighted by Gasteiger charge is -2.11. The lowest BCUT2D eigenvalue weighted by atomic mass is 10.2. The van der Waals surface area contributed by atoms with Crippen LogP contribution in [0.1, 0.15) is 11.3 Å². The summed E-state index contributed by atoms with van der Waals surface area (Å²) in [4.78, 5) is 14.0. The average molecular weight is 311 g/mol. The molecule has 17 heavy (non-hydrogen) atoms. The van der Waals surface area contributed by atoms with Crippen LogP contribution in [0.3, 0.4) is 0 Å². The van der Waals surface area contributed by atoms with Crippen molar-refractivity contribution in [1.29, 1.82) is 5.26 Å². The van der Waals surface area contributed by atoms with Crippen LogP contribution in [0.25, 0.3) is 0 Å². The number of hydrogen-bond acceptors (Lipinski definition) is 3. The van der Waals surface area contributed by atoms with E-state index in [4.69, 9.17) is 5.26 Å². The molecule has 0 atom stereocenters. The molecule has 0 aliphatic carbocycles. The van der Waals surface area contributed by atoms with E-state index < -0.39 is 17.5 Å². The summed E-state index contributed by atoms with van der Waals surface area (Å²) in [7, 11) is 0. The SMILES string of the molecule is N#CCc1[nH]cc(CBr)c(=O)c1OC(F)(F)F. The van der Waals surface area contributed by atoms with Gasteiger partial charge in [0.2, 0.25) is 5.43 Å². The van der Waals surface area contributed by atoms with Gasteiger partial charge in [0.05, 0.1) is 18.2 Å². The second-order valence-electron chi connectivity index (χ2n) is 2.97. The molecule has 0 amide bonds. The predicted molar refractivity (Wildman–Crippen MR) is 55.7 cm³/mol. The number of hydrogen-bond donors (Lipinski definition) is 1. The van der Waals surface area contributed by atoms with E-state index in [0.717, 1.165) is 0 Å². The van der Waals surface area contributed by atoms with Gasteiger partial charge in [0.15, 0.2) is 5.75 Å². The van der Waals surface area contributed by atoms with Gasteiger partial charge in [-0.2, -0.15) is 5.26 Å². The van der Waals surface area contributed by atoms with Crippen molar-refractivity contribution in [3.63, 3.8) is 0 Å². The molecule has 0 saturated carbocycles. The van der Waals surface area contributed by atoms with Crippen LogP contribution in [-0.2, 0) is 11.8 Å². The molecule has 92 valence electrons. The minimum absolute atomic E-state index is 0.0867. The first-order valence-electron chi connectivity index (χ1n) is 4.31. The Bertz CT molecular complexity index is 504. The number of aromatic nitrogens is 1. The molecule has 1 N–H and O–H groups in total. The maximum absolute atomic E-state index is 12.1. The second-order valence-corrected chi connectivity index (χ2v) is 3.53. The maximum atomic E-state index is 12.1. The second kappa shape index (κ2) is 5.23. The van der Waals surface area contributed by atoms with Gasteiger partial charge in [0, 0.05) is 17.1 Å². The van der Waals surface area contributed by atoms with Gasteiger partial charge in [0.25, 0.3) is 0 Å². The van der Waals surface area contributed by atoms with Crippen molar-refractivity contribution in [1.82, 2.24) is 4.98 Å². The van der Waals surface area contributed by atoms with Crippen LogP contribution in [-0.4, -0.2) is 11.3 Å². The van der Waals surface area contributed by atoms with E-state index >= 15 is 0 Å². The minimum atomic E-state index is -4.97. The molecule has 0 unspecified atom stereocenters. The maximum Gasteiger partial charge on any atom is 0.573 e. The molecule has 0 fully saturated rings. The lowest BCUT2D eigenvalue weighted by Crippen LogP contribution is -2.24. The third-order valence-corrected chi connectivity index (χ3v) is 2.41. The highest BCUT2D eigenvalue weighted by atomic mass is 79.9. The normalized spacial score (nSPS) is 11.0. The molecule has 0 aliphatic heterocycles. The lowest BCUT2D eigenvalue weighted by molar-refractivity contribution is -0.275. The number of nitriles is 1. The summed E-state index contributed by atoms with van der Waals surface area (Å²) in [6, 6.07) is 1.65. The molecule has 1 aromatic rings. The van der Waals surface area contributed by atoms with Crippen molar-refractivity contribution in [2.45, 2.75) is 18.1 Å². The highest BCUT2D eigenvalue weighted by Crippen LogP contribution is 2.23. The molecule has 0 radical (unpaired) electrons. The summed E-state index contributed by atoms with van der Waals surface area (Å²) in [6.45, 7) is 0. The zero-order chi connectivity index (χ0) is 13.1. The van der Waals surface area contributed by atoms with Crippen molar-refractivity contribution in [3.05, 3.63) is 27.7 Å². The Morgan fingerprint density at radius 3 is 2.65 bits per heavy atom. The van der Waals surface area contributed by atoms with Gasteiger partial charge in [-0.1, -0.05) is 15.9 Å². The number of alkyl halides is 4. The third kappa shape index (κ3) is 3.49. The largest absolute Gasteiger partial charge is 0.573 e. The van der Waals surface area contributed by atoms with Crippen LogP contribution in [0.2, 0.25) is 0 Å². The van der Waals surface area contributed by atoms with Crippen LogP contribution in [0.4, 0.5) is 13.2 Å². The first kappa shape index (κ1) is 13.6. The van der Waals surface area contributed by atoms with Crippen LogP contribution in [0, 0.1) is 11.3 Å². The molecule has 1 rings (SSSR count). The summed E-state index contributed by atoms with van der Waals surface area (Å²) in [5.74, 6) is -0.879. The van der Waals surface area contributed by atoms with Crippen LogP contribution >= 0.6 is 15.9 Å². The van der Waals surface area contributed by atoms with Gasteiger partial charge in [-0.15, -0.1) is 13.2 Å². The van der Waals surface area contributed by atoms with E-state index in [1.807, 2.05) is 0 Å². The first-order valence-corrected chi connectivity index (χ1v) is 5.43. The number of rotatable bonds is 3. The standard InChI is InChI=1S/C9H6BrF3N2O2/c10-3-5-4-15-6(1-2-14)8(7(5)16)17-9(11,12)13/h4H,1,3H2,(H,15,16). The highest BCUT2D eigenvalue weighted by Gasteiger charge is 2.33. The number of pyridine rings is 1. The zero-order valence-electron chi connectivity index (χ0n) is 8.27. The van der Waals surface area contributed by atoms with Gasteiger partial charge < -0.3 is 9.72 Å². The van der Waals surface area contributed by atoms with Crippen molar-refractivity contribution in [3.8, 4) is 11.8 Å². The minimum Gasteiger partial charge on any atom is -0.400 e. The average Bonchev–Trinajstić information content (AvgIpc) is 2.22. The highest BCUT2D eigenvalue weighted by molar-refractivity contribution is 9.08. The number of aromatic amines is 1. The molecule has 1 aromatic heterocycles. The topological polar surface area (TPSA) is 65.9 Å². The number of ether oxygens (including phenoxy) is 1. The Morgan fingerprint density at radius 1 is 1.53 bits per heavy atom. The summed E-state index contributed by atoms with van der Waals surface area (Å²) in [6.07, 6.45) is -4.10. The number of halogens is 4. The molecule has 0 aliphatic rings. The van der Waals surface area contributed by atoms with Gasteiger partial charge in [-0.05, 0) is 0 Å². The third-order valence-electron chi connectivity index (χ3n) is 1.81. The fourth-order valence-electron chi connectivity index (χ4n) is 1.12. The smallest absolute Gasteiger partial charge is 0.400 e. The summed E-state index contributed by atoms with van der Waals surface area (Å²) >= 11 is 2.96. The fourth-order valence-corrected chi connectivity index (χ4v) is 1.54. The van der Waals surface area contributed by atoms with E-state index in [2.05, 4.69) is 25.7 Å². The number of nitrogens with one attached hydrogen (secondary N) is 1. The van der Waals surface area contributed by atoms with Gasteiger partial charge in [-0.3, -0.25) is 4.79 Å². The Hall–Kier alpha value is -1.49. The molecule has 8 heteroatoms. The molecule has 0 bridgehead atoms. The van der Waals surface area contributed by atoms with Crippen molar-refractivity contribution in [2.75, 3.05) is 0 Å². The Morgan fingerprint density at radius 2 is 2.18 bits per heavy atom. The van der Waals surface area contributed by atoms with Crippen LogP contribution in [0.15, 0.2) is 11.0 Å². The van der Waals surface area contributed by atoms with E-state index in [1.165, 1.54) is 6.20 Å². The summed E-state index contributed by atoms with van der Waals surface area (Å²) in [5.41, 5.74) is -0.992. The molecular weight excluding hydrogens is 305 g/mol. The van der Waals surface area contributed by atoms with E-state index in [1.54, 1.807) is 6.07 Å². The van der Waals surface area contributed by atoms with Gasteiger partial charge in [0.1, 0.15) is 0 Å². The van der Waals surface area contributed by atoms with Gasteiger partial charge >= 0.3 is 6.36 Å². The first-order chi connectivity index (χ1) is 7.89. The monoisotopic (exact) mass is 310 g/mol. The molecule has 0 spiro atoms. The molecule has 4 nitrogen and oxygen atoms in total. The van der Waals surface area contributed by atoms with E-state index in [-0.39, 0.29) is 23.0 Å². The van der Waals surface area contributed by atoms with Crippen molar-refractivity contribution < 1.29 is 17.9 Å². The molecule has 0 saturated heterocycles.